The highest BCUT2D eigenvalue weighted by atomic mass is 79.9. The van der Waals surface area contributed by atoms with E-state index in [-0.39, 0.29) is 12.4 Å². The summed E-state index contributed by atoms with van der Waals surface area (Å²) in [5.41, 5.74) is 3.58. The zero-order valence-corrected chi connectivity index (χ0v) is 17.5. The van der Waals surface area contributed by atoms with Crippen LogP contribution in [-0.4, -0.2) is 24.5 Å². The molecule has 140 valence electrons. The quantitative estimate of drug-likeness (QED) is 0.272. The van der Waals surface area contributed by atoms with Crippen LogP contribution in [0.25, 0.3) is 22.5 Å². The summed E-state index contributed by atoms with van der Waals surface area (Å²) in [6.45, 7) is 0.254. The molecule has 0 amide bonds. The molecule has 7 nitrogen and oxygen atoms in total. The van der Waals surface area contributed by atoms with Gasteiger partial charge in [0.15, 0.2) is 0 Å². The predicted molar refractivity (Wildman–Crippen MR) is 113 cm³/mol. The number of benzene rings is 2. The maximum absolute atomic E-state index is 10.9. The van der Waals surface area contributed by atoms with E-state index in [0.29, 0.717) is 0 Å². The molecule has 4 rings (SSSR count). The van der Waals surface area contributed by atoms with E-state index in [4.69, 9.17) is 5.10 Å². The normalized spacial score (nSPS) is 10.9. The largest absolute Gasteiger partial charge is 0.307 e. The summed E-state index contributed by atoms with van der Waals surface area (Å²) >= 11 is 6.99. The average Bonchev–Trinajstić information content (AvgIpc) is 3.29. The summed E-state index contributed by atoms with van der Waals surface area (Å²) in [5.74, 6) is 0. The molecule has 28 heavy (non-hydrogen) atoms. The lowest BCUT2D eigenvalue weighted by Gasteiger charge is -2.08. The molecular formula is C19H13Br2N5O2. The standard InChI is InChI=1S/C19H13Br2N5O2/c20-15-5-1-3-13(7-15)18-9-19(14-4-2-6-16(21)8-14)25(23-18)12-24-11-17(10-22-24)26(27)28/h1-11H,12H2. The van der Waals surface area contributed by atoms with Crippen molar-refractivity contribution in [1.29, 1.82) is 0 Å². The first-order valence-electron chi connectivity index (χ1n) is 8.26. The molecule has 0 aliphatic carbocycles. The summed E-state index contributed by atoms with van der Waals surface area (Å²) < 4.78 is 5.20. The lowest BCUT2D eigenvalue weighted by molar-refractivity contribution is -0.385. The highest BCUT2D eigenvalue weighted by Crippen LogP contribution is 2.29. The third-order valence-corrected chi connectivity index (χ3v) is 5.12. The minimum atomic E-state index is -0.464. The fourth-order valence-corrected chi connectivity index (χ4v) is 3.65. The lowest BCUT2D eigenvalue weighted by Crippen LogP contribution is -2.11. The van der Waals surface area contributed by atoms with Crippen LogP contribution in [-0.2, 0) is 6.67 Å². The van der Waals surface area contributed by atoms with Crippen LogP contribution < -0.4 is 0 Å². The van der Waals surface area contributed by atoms with E-state index in [1.807, 2.05) is 54.6 Å². The maximum atomic E-state index is 10.9. The van der Waals surface area contributed by atoms with Crippen molar-refractivity contribution in [3.63, 3.8) is 0 Å². The van der Waals surface area contributed by atoms with Gasteiger partial charge in [0.2, 0.25) is 0 Å². The Labute approximate surface area is 177 Å². The first kappa shape index (κ1) is 18.6. The third-order valence-electron chi connectivity index (χ3n) is 4.13. The number of hydrogen-bond acceptors (Lipinski definition) is 4. The van der Waals surface area contributed by atoms with E-state index in [0.717, 1.165) is 31.5 Å². The van der Waals surface area contributed by atoms with Crippen LogP contribution in [0.2, 0.25) is 0 Å². The summed E-state index contributed by atoms with van der Waals surface area (Å²) in [5, 5.41) is 19.7. The van der Waals surface area contributed by atoms with Gasteiger partial charge in [-0.1, -0.05) is 56.1 Å². The summed E-state index contributed by atoms with van der Waals surface area (Å²) in [6.07, 6.45) is 2.63. The molecule has 0 aliphatic rings. The molecule has 0 radical (unpaired) electrons. The van der Waals surface area contributed by atoms with Crippen molar-refractivity contribution in [2.75, 3.05) is 0 Å². The van der Waals surface area contributed by atoms with Gasteiger partial charge in [-0.25, -0.2) is 9.36 Å². The molecule has 0 bridgehead atoms. The Kier molecular flexibility index (Phi) is 5.10. The topological polar surface area (TPSA) is 78.8 Å². The van der Waals surface area contributed by atoms with Crippen molar-refractivity contribution in [1.82, 2.24) is 19.6 Å². The zero-order chi connectivity index (χ0) is 19.7. The van der Waals surface area contributed by atoms with E-state index in [1.54, 1.807) is 4.68 Å². The molecule has 0 N–H and O–H groups in total. The van der Waals surface area contributed by atoms with Gasteiger partial charge in [0.05, 0.1) is 16.3 Å². The van der Waals surface area contributed by atoms with Crippen LogP contribution in [0, 0.1) is 10.1 Å². The predicted octanol–water partition coefficient (Wildman–Crippen LogP) is 5.35. The Bertz CT molecular complexity index is 1170. The van der Waals surface area contributed by atoms with Gasteiger partial charge < -0.3 is 0 Å². The van der Waals surface area contributed by atoms with Gasteiger partial charge in [0.25, 0.3) is 0 Å². The summed E-state index contributed by atoms with van der Waals surface area (Å²) in [4.78, 5) is 10.5. The molecule has 0 spiro atoms. The Morgan fingerprint density at radius 1 is 1.00 bits per heavy atom. The Morgan fingerprint density at radius 3 is 2.32 bits per heavy atom. The molecule has 2 heterocycles. The van der Waals surface area contributed by atoms with Gasteiger partial charge in [-0.3, -0.25) is 10.1 Å². The third kappa shape index (κ3) is 3.90. The number of hydrogen-bond donors (Lipinski definition) is 0. The van der Waals surface area contributed by atoms with Crippen LogP contribution in [0.1, 0.15) is 0 Å². The number of halogens is 2. The van der Waals surface area contributed by atoms with Crippen molar-refractivity contribution in [2.24, 2.45) is 0 Å². The molecular weight excluding hydrogens is 490 g/mol. The molecule has 4 aromatic rings. The molecule has 0 saturated carbocycles. The van der Waals surface area contributed by atoms with Crippen molar-refractivity contribution < 1.29 is 4.92 Å². The van der Waals surface area contributed by atoms with Crippen LogP contribution in [0.5, 0.6) is 0 Å². The fraction of sp³-hybridized carbons (Fsp3) is 0.0526. The Balaban J connectivity index is 1.79. The molecule has 0 saturated heterocycles. The Hall–Kier alpha value is -2.78. The molecule has 2 aromatic heterocycles. The van der Waals surface area contributed by atoms with Crippen LogP contribution in [0.4, 0.5) is 5.69 Å². The molecule has 0 aliphatic heterocycles. The first-order valence-corrected chi connectivity index (χ1v) is 9.85. The van der Waals surface area contributed by atoms with Gasteiger partial charge >= 0.3 is 5.69 Å². The second-order valence-corrected chi connectivity index (χ2v) is 7.90. The molecule has 2 aromatic carbocycles. The SMILES string of the molecule is O=[N+]([O-])c1cnn(Cn2nc(-c3cccc(Br)c3)cc2-c2cccc(Br)c2)c1. The average molecular weight is 503 g/mol. The maximum Gasteiger partial charge on any atom is 0.307 e. The minimum Gasteiger partial charge on any atom is -0.258 e. The van der Waals surface area contributed by atoms with Gasteiger partial charge in [-0.15, -0.1) is 0 Å². The zero-order valence-electron chi connectivity index (χ0n) is 14.4. The number of nitro groups is 1. The van der Waals surface area contributed by atoms with E-state index in [9.17, 15) is 10.1 Å². The van der Waals surface area contributed by atoms with Crippen LogP contribution in [0.15, 0.2) is 75.9 Å². The molecule has 0 unspecified atom stereocenters. The number of aromatic nitrogens is 4. The highest BCUT2D eigenvalue weighted by molar-refractivity contribution is 9.10. The monoisotopic (exact) mass is 501 g/mol. The van der Waals surface area contributed by atoms with Gasteiger partial charge in [0, 0.05) is 20.1 Å². The summed E-state index contributed by atoms with van der Waals surface area (Å²) in [7, 11) is 0. The minimum absolute atomic E-state index is 0.0524. The molecule has 9 heteroatoms. The highest BCUT2D eigenvalue weighted by Gasteiger charge is 2.15. The van der Waals surface area contributed by atoms with Crippen molar-refractivity contribution >= 4 is 37.5 Å². The van der Waals surface area contributed by atoms with Gasteiger partial charge in [-0.05, 0) is 30.3 Å². The van der Waals surface area contributed by atoms with Crippen LogP contribution >= 0.6 is 31.9 Å². The van der Waals surface area contributed by atoms with Crippen molar-refractivity contribution in [2.45, 2.75) is 6.67 Å². The number of nitrogens with zero attached hydrogens (tertiary/aromatic N) is 5. The second kappa shape index (κ2) is 7.69. The van der Waals surface area contributed by atoms with E-state index in [2.05, 4.69) is 37.0 Å². The number of rotatable bonds is 5. The molecule has 0 fully saturated rings. The fourth-order valence-electron chi connectivity index (χ4n) is 2.86. The van der Waals surface area contributed by atoms with Crippen LogP contribution in [0.3, 0.4) is 0 Å². The second-order valence-electron chi connectivity index (χ2n) is 6.07. The lowest BCUT2D eigenvalue weighted by atomic mass is 10.1. The summed E-state index contributed by atoms with van der Waals surface area (Å²) in [6, 6.07) is 17.8. The first-order chi connectivity index (χ1) is 13.5. The smallest absolute Gasteiger partial charge is 0.258 e. The van der Waals surface area contributed by atoms with Crippen molar-refractivity contribution in [3.05, 3.63) is 86.1 Å². The molecule has 0 atom stereocenters. The van der Waals surface area contributed by atoms with E-state index < -0.39 is 4.92 Å². The Morgan fingerprint density at radius 2 is 1.68 bits per heavy atom. The van der Waals surface area contributed by atoms with E-state index in [1.165, 1.54) is 17.1 Å². The van der Waals surface area contributed by atoms with Gasteiger partial charge in [0.1, 0.15) is 19.1 Å². The van der Waals surface area contributed by atoms with Crippen molar-refractivity contribution in [3.8, 4) is 22.5 Å². The van der Waals surface area contributed by atoms with Gasteiger partial charge in [-0.2, -0.15) is 10.2 Å². The van der Waals surface area contributed by atoms with E-state index >= 15 is 0 Å².